The van der Waals surface area contributed by atoms with Gasteiger partial charge < -0.3 is 10.7 Å². The fourth-order valence-electron chi connectivity index (χ4n) is 2.06. The molecule has 2 fully saturated rings. The zero-order valence-electron chi connectivity index (χ0n) is 5.65. The summed E-state index contributed by atoms with van der Waals surface area (Å²) in [7, 11) is 0. The third-order valence-electron chi connectivity index (χ3n) is 2.59. The van der Waals surface area contributed by atoms with Crippen molar-refractivity contribution >= 4 is 5.71 Å². The quantitative estimate of drug-likeness (QED) is 0.490. The van der Waals surface area contributed by atoms with Gasteiger partial charge in [-0.05, 0) is 31.8 Å². The van der Waals surface area contributed by atoms with Crippen LogP contribution >= 0.6 is 0 Å². The molecule has 2 unspecified atom stereocenters. The zero-order valence-corrected chi connectivity index (χ0v) is 5.65. The topological polar surface area (TPSA) is 35.9 Å². The maximum absolute atomic E-state index is 7.38. The van der Waals surface area contributed by atoms with Crippen molar-refractivity contribution in [3.63, 3.8) is 0 Å². The Bertz CT molecular complexity index is 143. The third kappa shape index (κ3) is 0.628. The van der Waals surface area contributed by atoms with Crippen molar-refractivity contribution in [2.45, 2.75) is 6.92 Å². The summed E-state index contributed by atoms with van der Waals surface area (Å²) in [5, 5.41) is 10.7. The molecular weight excluding hydrogens is 112 g/mol. The molecule has 0 spiro atoms. The Balaban J connectivity index is 2.02. The van der Waals surface area contributed by atoms with Gasteiger partial charge in [-0.3, -0.25) is 0 Å². The first-order valence-electron chi connectivity index (χ1n) is 3.56. The van der Waals surface area contributed by atoms with Gasteiger partial charge >= 0.3 is 0 Å². The van der Waals surface area contributed by atoms with Crippen LogP contribution in [0.15, 0.2) is 0 Å². The molecule has 1 saturated carbocycles. The molecule has 9 heavy (non-hydrogen) atoms. The van der Waals surface area contributed by atoms with Gasteiger partial charge in [0.2, 0.25) is 0 Å². The van der Waals surface area contributed by atoms with E-state index in [4.69, 9.17) is 5.41 Å². The molecular formula is C7H12N2. The molecule has 0 aromatic carbocycles. The van der Waals surface area contributed by atoms with Crippen LogP contribution in [0.1, 0.15) is 6.92 Å². The molecule has 1 heterocycles. The lowest BCUT2D eigenvalue weighted by atomic mass is 10.2. The highest BCUT2D eigenvalue weighted by molar-refractivity contribution is 5.84. The number of rotatable bonds is 1. The van der Waals surface area contributed by atoms with Crippen molar-refractivity contribution in [1.29, 1.82) is 5.41 Å². The molecule has 2 rings (SSSR count). The van der Waals surface area contributed by atoms with E-state index in [0.717, 1.165) is 30.6 Å². The first kappa shape index (κ1) is 5.42. The number of nitrogens with one attached hydrogen (secondary N) is 2. The largest absolute Gasteiger partial charge is 0.316 e. The summed E-state index contributed by atoms with van der Waals surface area (Å²) in [5.41, 5.74) is 0.895. The minimum atomic E-state index is 0.659. The first-order chi connectivity index (χ1) is 4.30. The minimum absolute atomic E-state index is 0.659. The van der Waals surface area contributed by atoms with Crippen molar-refractivity contribution < 1.29 is 0 Å². The van der Waals surface area contributed by atoms with Gasteiger partial charge in [0.05, 0.1) is 0 Å². The van der Waals surface area contributed by atoms with Gasteiger partial charge in [0.25, 0.3) is 0 Å². The number of hydrogen-bond donors (Lipinski definition) is 2. The lowest BCUT2D eigenvalue weighted by Gasteiger charge is -1.99. The van der Waals surface area contributed by atoms with Crippen LogP contribution in [0.3, 0.4) is 0 Å². The average Bonchev–Trinajstić information content (AvgIpc) is 2.30. The molecule has 0 radical (unpaired) electrons. The van der Waals surface area contributed by atoms with Gasteiger partial charge in [0, 0.05) is 11.6 Å². The van der Waals surface area contributed by atoms with Crippen LogP contribution in [0.25, 0.3) is 0 Å². The lowest BCUT2D eigenvalue weighted by Crippen LogP contribution is -2.17. The zero-order chi connectivity index (χ0) is 6.43. The van der Waals surface area contributed by atoms with E-state index in [1.807, 2.05) is 6.92 Å². The highest BCUT2D eigenvalue weighted by atomic mass is 15.0. The first-order valence-corrected chi connectivity index (χ1v) is 3.56. The van der Waals surface area contributed by atoms with E-state index in [1.54, 1.807) is 0 Å². The average molecular weight is 124 g/mol. The lowest BCUT2D eigenvalue weighted by molar-refractivity contribution is 0.683. The Hall–Kier alpha value is -0.370. The number of piperidine rings is 1. The maximum Gasteiger partial charge on any atom is 0.00958 e. The van der Waals surface area contributed by atoms with Crippen molar-refractivity contribution in [1.82, 2.24) is 5.32 Å². The molecule has 2 atom stereocenters. The Morgan fingerprint density at radius 1 is 1.44 bits per heavy atom. The van der Waals surface area contributed by atoms with E-state index in [-0.39, 0.29) is 0 Å². The van der Waals surface area contributed by atoms with Crippen LogP contribution in [0.5, 0.6) is 0 Å². The summed E-state index contributed by atoms with van der Waals surface area (Å²) in [5.74, 6) is 2.33. The predicted octanol–water partition coefficient (Wildman–Crippen LogP) is 0.491. The van der Waals surface area contributed by atoms with E-state index >= 15 is 0 Å². The highest BCUT2D eigenvalue weighted by Gasteiger charge is 2.53. The summed E-state index contributed by atoms with van der Waals surface area (Å²) in [6, 6.07) is 0. The van der Waals surface area contributed by atoms with Crippen LogP contribution in [-0.2, 0) is 0 Å². The standard InChI is InChI=1S/C7H12N2/c1-4(8)7-5-2-9-3-6(5)7/h5-9H,2-3H2,1H3. The molecule has 2 aliphatic rings. The molecule has 0 bridgehead atoms. The van der Waals surface area contributed by atoms with Crippen molar-refractivity contribution in [3.05, 3.63) is 0 Å². The van der Waals surface area contributed by atoms with E-state index in [2.05, 4.69) is 5.32 Å². The van der Waals surface area contributed by atoms with Gasteiger partial charge in [-0.15, -0.1) is 0 Å². The second-order valence-corrected chi connectivity index (χ2v) is 3.19. The van der Waals surface area contributed by atoms with Gasteiger partial charge in [-0.1, -0.05) is 0 Å². The van der Waals surface area contributed by atoms with Crippen LogP contribution in [-0.4, -0.2) is 18.8 Å². The monoisotopic (exact) mass is 124 g/mol. The predicted molar refractivity (Wildman–Crippen MR) is 36.7 cm³/mol. The van der Waals surface area contributed by atoms with Crippen LogP contribution in [0.4, 0.5) is 0 Å². The van der Waals surface area contributed by atoms with E-state index in [1.165, 1.54) is 0 Å². The molecule has 2 nitrogen and oxygen atoms in total. The Kier molecular flexibility index (Phi) is 0.943. The minimum Gasteiger partial charge on any atom is -0.316 e. The second kappa shape index (κ2) is 1.57. The van der Waals surface area contributed by atoms with Crippen molar-refractivity contribution in [2.24, 2.45) is 17.8 Å². The summed E-state index contributed by atoms with van der Waals surface area (Å²) in [6.45, 7) is 4.25. The molecule has 2 N–H and O–H groups in total. The van der Waals surface area contributed by atoms with Gasteiger partial charge in [0.15, 0.2) is 0 Å². The van der Waals surface area contributed by atoms with E-state index in [0.29, 0.717) is 5.92 Å². The molecule has 1 saturated heterocycles. The van der Waals surface area contributed by atoms with Crippen molar-refractivity contribution in [2.75, 3.05) is 13.1 Å². The smallest absolute Gasteiger partial charge is 0.00958 e. The van der Waals surface area contributed by atoms with Crippen LogP contribution < -0.4 is 5.32 Å². The summed E-state index contributed by atoms with van der Waals surface area (Å²) in [4.78, 5) is 0. The Morgan fingerprint density at radius 3 is 2.33 bits per heavy atom. The normalized spacial score (nSPS) is 46.6. The fraction of sp³-hybridized carbons (Fsp3) is 0.857. The van der Waals surface area contributed by atoms with Gasteiger partial charge in [0.1, 0.15) is 0 Å². The van der Waals surface area contributed by atoms with Crippen molar-refractivity contribution in [3.8, 4) is 0 Å². The highest BCUT2D eigenvalue weighted by Crippen LogP contribution is 2.48. The molecule has 0 aromatic rings. The Labute approximate surface area is 55.2 Å². The summed E-state index contributed by atoms with van der Waals surface area (Å²) in [6.07, 6.45) is 0. The summed E-state index contributed by atoms with van der Waals surface area (Å²) < 4.78 is 0. The Morgan fingerprint density at radius 2 is 2.00 bits per heavy atom. The second-order valence-electron chi connectivity index (χ2n) is 3.19. The molecule has 2 heteroatoms. The molecule has 1 aliphatic heterocycles. The fourth-order valence-corrected chi connectivity index (χ4v) is 2.06. The third-order valence-corrected chi connectivity index (χ3v) is 2.59. The number of fused-ring (bicyclic) bond motifs is 1. The molecule has 0 amide bonds. The molecule has 1 aliphatic carbocycles. The maximum atomic E-state index is 7.38. The van der Waals surface area contributed by atoms with Crippen LogP contribution in [0, 0.1) is 23.2 Å². The van der Waals surface area contributed by atoms with E-state index in [9.17, 15) is 0 Å². The molecule has 50 valence electrons. The summed E-state index contributed by atoms with van der Waals surface area (Å²) >= 11 is 0. The van der Waals surface area contributed by atoms with Crippen LogP contribution in [0.2, 0.25) is 0 Å². The van der Waals surface area contributed by atoms with Gasteiger partial charge in [-0.2, -0.15) is 0 Å². The molecule has 0 aromatic heterocycles. The van der Waals surface area contributed by atoms with E-state index < -0.39 is 0 Å². The van der Waals surface area contributed by atoms with Gasteiger partial charge in [-0.25, -0.2) is 0 Å². The SMILES string of the molecule is CC(=N)C1C2CNCC21. The number of hydrogen-bond acceptors (Lipinski definition) is 2.